The van der Waals surface area contributed by atoms with Gasteiger partial charge in [-0.25, -0.2) is 9.67 Å². The van der Waals surface area contributed by atoms with Crippen LogP contribution in [0.2, 0.25) is 0 Å². The zero-order chi connectivity index (χ0) is 22.7. The average Bonchev–Trinajstić information content (AvgIpc) is 3.52. The van der Waals surface area contributed by atoms with Crippen molar-refractivity contribution in [2.24, 2.45) is 5.92 Å². The van der Waals surface area contributed by atoms with E-state index >= 15 is 0 Å². The van der Waals surface area contributed by atoms with Crippen molar-refractivity contribution in [1.29, 1.82) is 0 Å². The number of benzene rings is 1. The number of hydrogen-bond donors (Lipinski definition) is 1. The Morgan fingerprint density at radius 3 is 2.85 bits per heavy atom. The third kappa shape index (κ3) is 3.76. The average molecular weight is 448 g/mol. The molecule has 1 aliphatic carbocycles. The van der Waals surface area contributed by atoms with Crippen molar-refractivity contribution in [3.05, 3.63) is 51.7 Å². The highest BCUT2D eigenvalue weighted by atomic mass is 16.5. The third-order valence-corrected chi connectivity index (χ3v) is 7.72. The summed E-state index contributed by atoms with van der Waals surface area (Å²) in [5.74, 6) is 2.47. The van der Waals surface area contributed by atoms with E-state index in [9.17, 15) is 4.79 Å². The van der Waals surface area contributed by atoms with Crippen LogP contribution in [0.15, 0.2) is 29.2 Å². The van der Waals surface area contributed by atoms with Gasteiger partial charge in [-0.2, -0.15) is 5.10 Å². The van der Waals surface area contributed by atoms with Crippen LogP contribution < -0.4 is 10.3 Å². The lowest BCUT2D eigenvalue weighted by molar-refractivity contribution is 0.138. The predicted octanol–water partition coefficient (Wildman–Crippen LogP) is 4.18. The van der Waals surface area contributed by atoms with E-state index in [1.165, 1.54) is 24.0 Å². The van der Waals surface area contributed by atoms with Gasteiger partial charge >= 0.3 is 0 Å². The number of nitrogens with one attached hydrogen (secondary N) is 1. The van der Waals surface area contributed by atoms with Gasteiger partial charge in [-0.3, -0.25) is 9.69 Å². The van der Waals surface area contributed by atoms with Gasteiger partial charge in [-0.15, -0.1) is 0 Å². The van der Waals surface area contributed by atoms with Crippen LogP contribution in [-0.2, 0) is 13.0 Å². The molecular weight excluding hydrogens is 414 g/mol. The lowest BCUT2D eigenvalue weighted by Gasteiger charge is -2.17. The lowest BCUT2D eigenvalue weighted by atomic mass is 9.97. The minimum Gasteiger partial charge on any atom is -0.487 e. The fourth-order valence-electron chi connectivity index (χ4n) is 6.12. The Hall–Kier alpha value is -2.67. The van der Waals surface area contributed by atoms with E-state index in [1.807, 2.05) is 4.68 Å². The second-order valence-electron chi connectivity index (χ2n) is 11.0. The maximum absolute atomic E-state index is 12.9. The molecular formula is C26H33N5O2. The number of ether oxygens (including phenoxy) is 1. The van der Waals surface area contributed by atoms with Gasteiger partial charge in [-0.1, -0.05) is 31.9 Å². The molecule has 1 saturated heterocycles. The standard InChI is InChI=1S/C26H33N5O2/c1-16-13-30(14-17-8-9-22-18(10-17)11-26(2,3)33-22)15-21(16)23-28-24-20(25(32)29-23)12-27-31(24)19-6-4-5-7-19/h8-10,12,16,19,21H,4-7,11,13-15H2,1-3H3,(H,28,29,32)/t16-,21-/m1/s1. The first-order chi connectivity index (χ1) is 15.9. The molecule has 3 aliphatic rings. The summed E-state index contributed by atoms with van der Waals surface area (Å²) >= 11 is 0. The third-order valence-electron chi connectivity index (χ3n) is 7.72. The Bertz CT molecular complexity index is 1250. The molecule has 6 rings (SSSR count). The second-order valence-corrected chi connectivity index (χ2v) is 11.0. The Kier molecular flexibility index (Phi) is 4.87. The Morgan fingerprint density at radius 1 is 1.21 bits per heavy atom. The van der Waals surface area contributed by atoms with Crippen molar-refractivity contribution in [3.63, 3.8) is 0 Å². The summed E-state index contributed by atoms with van der Waals surface area (Å²) in [7, 11) is 0. The normalized spacial score (nSPS) is 25.1. The monoisotopic (exact) mass is 447 g/mol. The van der Waals surface area contributed by atoms with Crippen LogP contribution in [0.1, 0.15) is 75.4 Å². The molecule has 0 bridgehead atoms. The molecule has 33 heavy (non-hydrogen) atoms. The molecule has 0 spiro atoms. The lowest BCUT2D eigenvalue weighted by Crippen LogP contribution is -2.24. The van der Waals surface area contributed by atoms with Crippen LogP contribution in [0.3, 0.4) is 0 Å². The zero-order valence-corrected chi connectivity index (χ0v) is 19.8. The molecule has 7 nitrogen and oxygen atoms in total. The van der Waals surface area contributed by atoms with E-state index in [0.29, 0.717) is 17.3 Å². The highest BCUT2D eigenvalue weighted by Gasteiger charge is 2.34. The Labute approximate surface area is 194 Å². The quantitative estimate of drug-likeness (QED) is 0.649. The van der Waals surface area contributed by atoms with Gasteiger partial charge in [0.05, 0.1) is 12.2 Å². The minimum atomic E-state index is -0.116. The molecule has 1 saturated carbocycles. The number of H-pyrrole nitrogens is 1. The first-order valence-electron chi connectivity index (χ1n) is 12.4. The van der Waals surface area contributed by atoms with Gasteiger partial charge in [0.2, 0.25) is 0 Å². The van der Waals surface area contributed by atoms with Gasteiger partial charge in [0, 0.05) is 32.0 Å². The van der Waals surface area contributed by atoms with Gasteiger partial charge in [0.25, 0.3) is 5.56 Å². The van der Waals surface area contributed by atoms with Gasteiger partial charge in [-0.05, 0) is 49.8 Å². The summed E-state index contributed by atoms with van der Waals surface area (Å²) < 4.78 is 8.04. The zero-order valence-electron chi connectivity index (χ0n) is 19.8. The molecule has 3 aromatic rings. The molecule has 0 radical (unpaired) electrons. The Balaban J connectivity index is 1.23. The smallest absolute Gasteiger partial charge is 0.262 e. The highest BCUT2D eigenvalue weighted by Crippen LogP contribution is 2.37. The molecule has 7 heteroatoms. The van der Waals surface area contributed by atoms with Crippen LogP contribution in [0.25, 0.3) is 11.0 Å². The molecule has 0 amide bonds. The maximum Gasteiger partial charge on any atom is 0.262 e. The van der Waals surface area contributed by atoms with Crippen LogP contribution in [0, 0.1) is 5.92 Å². The van der Waals surface area contributed by atoms with E-state index in [4.69, 9.17) is 9.72 Å². The predicted molar refractivity (Wildman–Crippen MR) is 128 cm³/mol. The molecule has 4 heterocycles. The fourth-order valence-corrected chi connectivity index (χ4v) is 6.12. The van der Waals surface area contributed by atoms with E-state index < -0.39 is 0 Å². The number of likely N-dealkylation sites (tertiary alicyclic amines) is 1. The summed E-state index contributed by atoms with van der Waals surface area (Å²) in [5, 5.41) is 5.16. The van der Waals surface area contributed by atoms with Crippen LogP contribution >= 0.6 is 0 Å². The number of fused-ring (bicyclic) bond motifs is 2. The van der Waals surface area contributed by atoms with E-state index in [-0.39, 0.29) is 17.1 Å². The number of nitrogens with zero attached hydrogens (tertiary/aromatic N) is 4. The summed E-state index contributed by atoms with van der Waals surface area (Å²) in [6, 6.07) is 6.97. The van der Waals surface area contributed by atoms with Crippen molar-refractivity contribution >= 4 is 11.0 Å². The highest BCUT2D eigenvalue weighted by molar-refractivity contribution is 5.73. The largest absolute Gasteiger partial charge is 0.487 e. The second kappa shape index (κ2) is 7.69. The number of aromatic amines is 1. The van der Waals surface area contributed by atoms with Crippen LogP contribution in [0.5, 0.6) is 5.75 Å². The summed E-state index contributed by atoms with van der Waals surface area (Å²) in [6.45, 7) is 9.34. The van der Waals surface area contributed by atoms with Gasteiger partial charge < -0.3 is 9.72 Å². The van der Waals surface area contributed by atoms with Gasteiger partial charge in [0.1, 0.15) is 22.6 Å². The first-order valence-corrected chi connectivity index (χ1v) is 12.4. The van der Waals surface area contributed by atoms with Crippen molar-refractivity contribution in [1.82, 2.24) is 24.6 Å². The summed E-state index contributed by atoms with van der Waals surface area (Å²) in [4.78, 5) is 23.4. The fraction of sp³-hybridized carbons (Fsp3) is 0.577. The molecule has 2 aromatic heterocycles. The maximum atomic E-state index is 12.9. The van der Waals surface area contributed by atoms with Gasteiger partial charge in [0.15, 0.2) is 5.65 Å². The molecule has 0 unspecified atom stereocenters. The molecule has 174 valence electrons. The molecule has 1 N–H and O–H groups in total. The first kappa shape index (κ1) is 20.9. The van der Waals surface area contributed by atoms with E-state index in [0.717, 1.165) is 56.1 Å². The molecule has 2 atom stereocenters. The molecule has 2 fully saturated rings. The SMILES string of the molecule is C[C@@H]1CN(Cc2ccc3c(c2)CC(C)(C)O3)C[C@H]1c1nc2c(cnn2C2CCCC2)c(=O)[nH]1. The summed E-state index contributed by atoms with van der Waals surface area (Å²) in [5.41, 5.74) is 3.20. The van der Waals surface area contributed by atoms with Crippen molar-refractivity contribution in [2.75, 3.05) is 13.1 Å². The van der Waals surface area contributed by atoms with E-state index in [1.54, 1.807) is 6.20 Å². The minimum absolute atomic E-state index is 0.0638. The van der Waals surface area contributed by atoms with Crippen LogP contribution in [-0.4, -0.2) is 43.3 Å². The number of aromatic nitrogens is 4. The van der Waals surface area contributed by atoms with Crippen molar-refractivity contribution < 1.29 is 4.74 Å². The van der Waals surface area contributed by atoms with Crippen molar-refractivity contribution in [2.45, 2.75) is 77.0 Å². The van der Waals surface area contributed by atoms with Crippen molar-refractivity contribution in [3.8, 4) is 5.75 Å². The van der Waals surface area contributed by atoms with E-state index in [2.05, 4.69) is 54.0 Å². The molecule has 1 aromatic carbocycles. The summed E-state index contributed by atoms with van der Waals surface area (Å²) in [6.07, 6.45) is 7.34. The topological polar surface area (TPSA) is 76.0 Å². The number of rotatable bonds is 4. The number of hydrogen-bond acceptors (Lipinski definition) is 5. The molecule has 2 aliphatic heterocycles. The van der Waals surface area contributed by atoms with Crippen LogP contribution in [0.4, 0.5) is 0 Å². The Morgan fingerprint density at radius 2 is 2.03 bits per heavy atom.